The Bertz CT molecular complexity index is 1520. The molecule has 0 heterocycles. The molecule has 0 fully saturated rings. The fourth-order valence-corrected chi connectivity index (χ4v) is 8.46. The molecule has 8 nitrogen and oxygen atoms in total. The van der Waals surface area contributed by atoms with Crippen LogP contribution in [0.1, 0.15) is 194 Å². The third-order valence-electron chi connectivity index (χ3n) is 12.4. The maximum atomic E-state index is 14.1. The van der Waals surface area contributed by atoms with Gasteiger partial charge in [-0.05, 0) is 91.2 Å². The molecule has 0 aliphatic heterocycles. The third kappa shape index (κ3) is 14.7. The largest absolute Gasteiger partial charge is 0.355 e. The average Bonchev–Trinajstić information content (AvgIpc) is 2.97. The molecule has 0 saturated carbocycles. The second kappa shape index (κ2) is 17.0. The second-order valence-corrected chi connectivity index (χ2v) is 24.7. The summed E-state index contributed by atoms with van der Waals surface area (Å²) in [5.74, 6) is -0.184. The first kappa shape index (κ1) is 51.6. The standard InChI is InChI=1S/C48H89N5O3/c1-32(46(17,18)37(55)53-31-41(7,8)27-45(15,16)50)33-23-34(25-35(24-33)47(19,20)48(21,22)38(56)51-29-39(2,3)4)42(9,10)28-43(11,12)36(54)52-30-40(5,6)26-44(13,14)49/h23-25,32H,26-31,49-50H2,1-22H3,(H,51,56)(H,52,54)(H,53,55). The maximum absolute atomic E-state index is 14.1. The molecular weight excluding hydrogens is 695 g/mol. The van der Waals surface area contributed by atoms with Crippen molar-refractivity contribution in [1.82, 2.24) is 16.0 Å². The minimum atomic E-state index is -0.777. The van der Waals surface area contributed by atoms with Crippen molar-refractivity contribution in [2.45, 2.75) is 199 Å². The molecular formula is C48H89N5O3. The molecule has 1 unspecified atom stereocenters. The first-order valence-corrected chi connectivity index (χ1v) is 21.1. The van der Waals surface area contributed by atoms with Gasteiger partial charge in [-0.3, -0.25) is 14.4 Å². The van der Waals surface area contributed by atoms with Crippen LogP contribution in [-0.2, 0) is 25.2 Å². The van der Waals surface area contributed by atoms with E-state index in [-0.39, 0.29) is 51.0 Å². The van der Waals surface area contributed by atoms with E-state index in [4.69, 9.17) is 11.5 Å². The number of rotatable bonds is 19. The van der Waals surface area contributed by atoms with Gasteiger partial charge in [0.1, 0.15) is 0 Å². The lowest BCUT2D eigenvalue weighted by molar-refractivity contribution is -0.133. The van der Waals surface area contributed by atoms with Crippen LogP contribution in [0.4, 0.5) is 0 Å². The highest BCUT2D eigenvalue weighted by Crippen LogP contribution is 2.47. The second-order valence-electron chi connectivity index (χ2n) is 24.7. The number of carbonyl (C=O) groups excluding carboxylic acids is 3. The maximum Gasteiger partial charge on any atom is 0.226 e. The fourth-order valence-electron chi connectivity index (χ4n) is 8.46. The molecule has 56 heavy (non-hydrogen) atoms. The van der Waals surface area contributed by atoms with Gasteiger partial charge in [0, 0.05) is 41.5 Å². The first-order valence-electron chi connectivity index (χ1n) is 21.1. The SMILES string of the molecule is CC(c1cc(C(C)(C)CC(C)(C)C(=O)NCC(C)(C)CC(C)(C)N)cc(C(C)(C)C(C)(C)C(=O)NCC(C)(C)C)c1)C(C)(C)C(=O)NCC(C)(C)CC(C)(C)N. The van der Waals surface area contributed by atoms with Crippen molar-refractivity contribution in [2.75, 3.05) is 19.6 Å². The quantitative estimate of drug-likeness (QED) is 0.0952. The van der Waals surface area contributed by atoms with E-state index < -0.39 is 27.1 Å². The van der Waals surface area contributed by atoms with Crippen LogP contribution in [0.3, 0.4) is 0 Å². The van der Waals surface area contributed by atoms with Crippen molar-refractivity contribution in [1.29, 1.82) is 0 Å². The summed E-state index contributed by atoms with van der Waals surface area (Å²) in [5, 5.41) is 9.76. The van der Waals surface area contributed by atoms with Crippen molar-refractivity contribution in [3.8, 4) is 0 Å². The zero-order valence-corrected chi connectivity index (χ0v) is 40.4. The van der Waals surface area contributed by atoms with Gasteiger partial charge in [0.05, 0.1) is 10.8 Å². The van der Waals surface area contributed by atoms with Gasteiger partial charge in [-0.2, -0.15) is 0 Å². The first-order chi connectivity index (χ1) is 24.5. The van der Waals surface area contributed by atoms with Gasteiger partial charge in [-0.15, -0.1) is 0 Å². The van der Waals surface area contributed by atoms with Gasteiger partial charge in [-0.25, -0.2) is 0 Å². The van der Waals surface area contributed by atoms with Gasteiger partial charge < -0.3 is 27.4 Å². The van der Waals surface area contributed by atoms with E-state index in [0.717, 1.165) is 29.5 Å². The zero-order chi connectivity index (χ0) is 44.5. The summed E-state index contributed by atoms with van der Waals surface area (Å²) in [7, 11) is 0. The molecule has 0 bridgehead atoms. The van der Waals surface area contributed by atoms with Crippen LogP contribution in [0, 0.1) is 32.5 Å². The van der Waals surface area contributed by atoms with Crippen molar-refractivity contribution in [3.63, 3.8) is 0 Å². The molecule has 8 heteroatoms. The number of benzene rings is 1. The number of amides is 3. The van der Waals surface area contributed by atoms with Gasteiger partial charge >= 0.3 is 0 Å². The Labute approximate surface area is 345 Å². The summed E-state index contributed by atoms with van der Waals surface area (Å²) in [4.78, 5) is 42.0. The molecule has 1 aromatic carbocycles. The normalized spacial score (nSPS) is 15.0. The molecule has 0 radical (unpaired) electrons. The molecule has 1 aromatic rings. The molecule has 1 atom stereocenters. The number of nitrogens with two attached hydrogens (primary N) is 2. The lowest BCUT2D eigenvalue weighted by atomic mass is 9.61. The Kier molecular flexibility index (Phi) is 15.7. The Balaban J connectivity index is 3.79. The summed E-state index contributed by atoms with van der Waals surface area (Å²) < 4.78 is 0. The minimum absolute atomic E-state index is 0.00147. The van der Waals surface area contributed by atoms with Crippen molar-refractivity contribution in [2.24, 2.45) is 44.0 Å². The van der Waals surface area contributed by atoms with Crippen LogP contribution < -0.4 is 27.4 Å². The number of hydrogen-bond donors (Lipinski definition) is 5. The van der Waals surface area contributed by atoms with E-state index in [9.17, 15) is 14.4 Å². The summed E-state index contributed by atoms with van der Waals surface area (Å²) >= 11 is 0. The van der Waals surface area contributed by atoms with Gasteiger partial charge in [0.25, 0.3) is 0 Å². The molecule has 7 N–H and O–H groups in total. The molecule has 0 saturated heterocycles. The number of hydrogen-bond acceptors (Lipinski definition) is 5. The van der Waals surface area contributed by atoms with E-state index in [2.05, 4.69) is 117 Å². The lowest BCUT2D eigenvalue weighted by Gasteiger charge is -2.43. The topological polar surface area (TPSA) is 139 Å². The zero-order valence-electron chi connectivity index (χ0n) is 40.4. The lowest BCUT2D eigenvalue weighted by Crippen LogP contribution is -2.50. The molecule has 0 aromatic heterocycles. The van der Waals surface area contributed by atoms with E-state index in [0.29, 0.717) is 26.1 Å². The predicted molar refractivity (Wildman–Crippen MR) is 239 cm³/mol. The highest BCUT2D eigenvalue weighted by atomic mass is 16.2. The summed E-state index contributed by atoms with van der Waals surface area (Å²) in [5.41, 5.74) is 11.5. The van der Waals surface area contributed by atoms with Crippen molar-refractivity contribution >= 4 is 17.7 Å². The number of nitrogens with one attached hydrogen (secondary N) is 3. The predicted octanol–water partition coefficient (Wildman–Crippen LogP) is 9.52. The highest BCUT2D eigenvalue weighted by molar-refractivity contribution is 5.84. The third-order valence-corrected chi connectivity index (χ3v) is 12.4. The van der Waals surface area contributed by atoms with E-state index in [1.165, 1.54) is 0 Å². The smallest absolute Gasteiger partial charge is 0.226 e. The van der Waals surface area contributed by atoms with Crippen LogP contribution in [0.25, 0.3) is 0 Å². The van der Waals surface area contributed by atoms with E-state index >= 15 is 0 Å². The highest BCUT2D eigenvalue weighted by Gasteiger charge is 2.46. The molecule has 1 rings (SSSR count). The molecule has 3 amide bonds. The van der Waals surface area contributed by atoms with E-state index in [1.807, 2.05) is 69.2 Å². The molecule has 0 spiro atoms. The van der Waals surface area contributed by atoms with Crippen LogP contribution in [-0.4, -0.2) is 48.4 Å². The van der Waals surface area contributed by atoms with Crippen LogP contribution >= 0.6 is 0 Å². The molecule has 0 aliphatic rings. The number of carbonyl (C=O) groups is 3. The van der Waals surface area contributed by atoms with Crippen LogP contribution in [0.2, 0.25) is 0 Å². The molecule has 0 aliphatic carbocycles. The fraction of sp³-hybridized carbons (Fsp3) is 0.812. The average molecular weight is 784 g/mol. The summed E-state index contributed by atoms with van der Waals surface area (Å²) in [6, 6.07) is 6.67. The van der Waals surface area contributed by atoms with Crippen molar-refractivity contribution < 1.29 is 14.4 Å². The minimum Gasteiger partial charge on any atom is -0.355 e. The Morgan fingerprint density at radius 1 is 0.536 bits per heavy atom. The van der Waals surface area contributed by atoms with Crippen LogP contribution in [0.15, 0.2) is 18.2 Å². The monoisotopic (exact) mass is 784 g/mol. The van der Waals surface area contributed by atoms with Gasteiger partial charge in [0.15, 0.2) is 0 Å². The Hall–Kier alpha value is -2.45. The Morgan fingerprint density at radius 3 is 1.34 bits per heavy atom. The summed E-state index contributed by atoms with van der Waals surface area (Å²) in [6.07, 6.45) is 2.12. The van der Waals surface area contributed by atoms with Crippen molar-refractivity contribution in [3.05, 3.63) is 34.9 Å². The Morgan fingerprint density at radius 2 is 0.929 bits per heavy atom. The van der Waals surface area contributed by atoms with Gasteiger partial charge in [0.2, 0.25) is 17.7 Å². The van der Waals surface area contributed by atoms with E-state index in [1.54, 1.807) is 0 Å². The molecule has 324 valence electrons. The summed E-state index contributed by atoms with van der Waals surface area (Å²) in [6.45, 7) is 47.5. The van der Waals surface area contributed by atoms with Gasteiger partial charge in [-0.1, -0.05) is 143 Å². The van der Waals surface area contributed by atoms with Crippen LogP contribution in [0.5, 0.6) is 0 Å².